The van der Waals surface area contributed by atoms with E-state index in [0.717, 1.165) is 18.5 Å². The minimum atomic E-state index is 0.235. The van der Waals surface area contributed by atoms with Crippen molar-refractivity contribution in [3.63, 3.8) is 0 Å². The standard InChI is InChI=1S/C11H24N2/c1-5-6-9-7-10(9)13-8-11(2,3)12-4/h9-10,12-13H,5-8H2,1-4H3. The van der Waals surface area contributed by atoms with Gasteiger partial charge >= 0.3 is 0 Å². The smallest absolute Gasteiger partial charge is 0.0246 e. The molecule has 1 fully saturated rings. The summed E-state index contributed by atoms with van der Waals surface area (Å²) in [6.07, 6.45) is 4.13. The van der Waals surface area contributed by atoms with Gasteiger partial charge in [-0.25, -0.2) is 0 Å². The monoisotopic (exact) mass is 184 g/mol. The van der Waals surface area contributed by atoms with Gasteiger partial charge in [-0.05, 0) is 39.7 Å². The maximum Gasteiger partial charge on any atom is 0.0246 e. The van der Waals surface area contributed by atoms with E-state index >= 15 is 0 Å². The van der Waals surface area contributed by atoms with Crippen LogP contribution < -0.4 is 10.6 Å². The maximum atomic E-state index is 3.62. The van der Waals surface area contributed by atoms with Crippen LogP contribution in [0.5, 0.6) is 0 Å². The van der Waals surface area contributed by atoms with Gasteiger partial charge in [0.2, 0.25) is 0 Å². The largest absolute Gasteiger partial charge is 0.314 e. The van der Waals surface area contributed by atoms with E-state index in [0.29, 0.717) is 0 Å². The van der Waals surface area contributed by atoms with E-state index in [1.54, 1.807) is 0 Å². The predicted molar refractivity (Wildman–Crippen MR) is 57.9 cm³/mol. The Morgan fingerprint density at radius 1 is 1.38 bits per heavy atom. The average molecular weight is 184 g/mol. The summed E-state index contributed by atoms with van der Waals surface area (Å²) < 4.78 is 0. The minimum Gasteiger partial charge on any atom is -0.314 e. The number of nitrogens with one attached hydrogen (secondary N) is 2. The van der Waals surface area contributed by atoms with Crippen molar-refractivity contribution < 1.29 is 0 Å². The Morgan fingerprint density at radius 2 is 2.08 bits per heavy atom. The van der Waals surface area contributed by atoms with Crippen molar-refractivity contribution in [2.75, 3.05) is 13.6 Å². The molecule has 0 bridgehead atoms. The summed E-state index contributed by atoms with van der Waals surface area (Å²) in [5.74, 6) is 0.970. The molecule has 0 aromatic rings. The lowest BCUT2D eigenvalue weighted by Crippen LogP contribution is -2.46. The van der Waals surface area contributed by atoms with Crippen molar-refractivity contribution in [3.05, 3.63) is 0 Å². The van der Waals surface area contributed by atoms with E-state index in [9.17, 15) is 0 Å². The fraction of sp³-hybridized carbons (Fsp3) is 1.00. The SMILES string of the molecule is CCCC1CC1NCC(C)(C)NC. The first-order valence-electron chi connectivity index (χ1n) is 5.51. The van der Waals surface area contributed by atoms with E-state index in [2.05, 4.69) is 31.4 Å². The molecule has 2 nitrogen and oxygen atoms in total. The Balaban J connectivity index is 2.08. The molecule has 2 heteroatoms. The molecule has 0 aliphatic heterocycles. The second-order valence-corrected chi connectivity index (χ2v) is 4.91. The fourth-order valence-electron chi connectivity index (χ4n) is 1.66. The van der Waals surface area contributed by atoms with E-state index in [1.165, 1.54) is 19.3 Å². The van der Waals surface area contributed by atoms with Gasteiger partial charge in [0.1, 0.15) is 0 Å². The fourth-order valence-corrected chi connectivity index (χ4v) is 1.66. The maximum absolute atomic E-state index is 3.62. The van der Waals surface area contributed by atoms with Crippen LogP contribution in [0.15, 0.2) is 0 Å². The summed E-state index contributed by atoms with van der Waals surface area (Å²) in [5, 5.41) is 6.93. The van der Waals surface area contributed by atoms with Crippen LogP contribution in [0.1, 0.15) is 40.0 Å². The van der Waals surface area contributed by atoms with Gasteiger partial charge in [0.05, 0.1) is 0 Å². The highest BCUT2D eigenvalue weighted by molar-refractivity contribution is 4.94. The van der Waals surface area contributed by atoms with Crippen LogP contribution in [0, 0.1) is 5.92 Å². The highest BCUT2D eigenvalue weighted by atomic mass is 15.0. The van der Waals surface area contributed by atoms with Crippen molar-refractivity contribution in [2.24, 2.45) is 5.92 Å². The summed E-state index contributed by atoms with van der Waals surface area (Å²) in [6, 6.07) is 0.813. The third-order valence-corrected chi connectivity index (χ3v) is 3.07. The molecule has 0 radical (unpaired) electrons. The van der Waals surface area contributed by atoms with Crippen LogP contribution in [-0.2, 0) is 0 Å². The topological polar surface area (TPSA) is 24.1 Å². The molecule has 78 valence electrons. The Labute approximate surface area is 82.5 Å². The van der Waals surface area contributed by atoms with Crippen molar-refractivity contribution >= 4 is 0 Å². The zero-order chi connectivity index (χ0) is 9.90. The molecular weight excluding hydrogens is 160 g/mol. The van der Waals surface area contributed by atoms with Gasteiger partial charge in [-0.3, -0.25) is 0 Å². The van der Waals surface area contributed by atoms with E-state index < -0.39 is 0 Å². The van der Waals surface area contributed by atoms with Crippen LogP contribution in [0.4, 0.5) is 0 Å². The normalized spacial score (nSPS) is 27.7. The van der Waals surface area contributed by atoms with Crippen LogP contribution >= 0.6 is 0 Å². The van der Waals surface area contributed by atoms with Gasteiger partial charge in [-0.1, -0.05) is 13.3 Å². The van der Waals surface area contributed by atoms with Gasteiger partial charge < -0.3 is 10.6 Å². The molecule has 1 aliphatic rings. The Hall–Kier alpha value is -0.0800. The molecule has 0 aromatic heterocycles. The van der Waals surface area contributed by atoms with Crippen molar-refractivity contribution in [1.29, 1.82) is 0 Å². The predicted octanol–water partition coefficient (Wildman–Crippen LogP) is 1.76. The molecule has 2 atom stereocenters. The van der Waals surface area contributed by atoms with Crippen LogP contribution in [0.25, 0.3) is 0 Å². The summed E-state index contributed by atoms with van der Waals surface area (Å²) in [6.45, 7) is 7.82. The third kappa shape index (κ3) is 3.65. The zero-order valence-corrected chi connectivity index (χ0v) is 9.48. The number of rotatable bonds is 6. The number of hydrogen-bond donors (Lipinski definition) is 2. The molecule has 0 heterocycles. The summed E-state index contributed by atoms with van der Waals surface area (Å²) >= 11 is 0. The van der Waals surface area contributed by atoms with Gasteiger partial charge in [0, 0.05) is 18.1 Å². The molecule has 13 heavy (non-hydrogen) atoms. The molecule has 1 saturated carbocycles. The zero-order valence-electron chi connectivity index (χ0n) is 9.48. The molecular formula is C11H24N2. The highest BCUT2D eigenvalue weighted by Gasteiger charge is 2.36. The summed E-state index contributed by atoms with van der Waals surface area (Å²) in [4.78, 5) is 0. The second-order valence-electron chi connectivity index (χ2n) is 4.91. The van der Waals surface area contributed by atoms with E-state index in [1.807, 2.05) is 7.05 Å². The minimum absolute atomic E-state index is 0.235. The van der Waals surface area contributed by atoms with Crippen molar-refractivity contribution in [1.82, 2.24) is 10.6 Å². The number of hydrogen-bond acceptors (Lipinski definition) is 2. The first-order chi connectivity index (χ1) is 6.09. The molecule has 0 spiro atoms. The molecule has 1 aliphatic carbocycles. The summed E-state index contributed by atoms with van der Waals surface area (Å²) in [5.41, 5.74) is 0.235. The molecule has 2 unspecified atom stereocenters. The Bertz CT molecular complexity index is 154. The molecule has 0 amide bonds. The number of likely N-dealkylation sites (N-methyl/N-ethyl adjacent to an activating group) is 1. The molecule has 0 saturated heterocycles. The van der Waals surface area contributed by atoms with Crippen molar-refractivity contribution in [2.45, 2.75) is 51.6 Å². The lowest BCUT2D eigenvalue weighted by atomic mass is 10.1. The van der Waals surface area contributed by atoms with Crippen LogP contribution in [0.3, 0.4) is 0 Å². The molecule has 1 rings (SSSR count). The first-order valence-corrected chi connectivity index (χ1v) is 5.51. The summed E-state index contributed by atoms with van der Waals surface area (Å²) in [7, 11) is 2.03. The Kier molecular flexibility index (Phi) is 3.74. The third-order valence-electron chi connectivity index (χ3n) is 3.07. The molecule has 0 aromatic carbocycles. The lowest BCUT2D eigenvalue weighted by molar-refractivity contribution is 0.387. The van der Waals surface area contributed by atoms with E-state index in [4.69, 9.17) is 0 Å². The first kappa shape index (κ1) is 11.0. The van der Waals surface area contributed by atoms with Crippen molar-refractivity contribution in [3.8, 4) is 0 Å². The second kappa shape index (κ2) is 4.43. The van der Waals surface area contributed by atoms with Gasteiger partial charge in [0.15, 0.2) is 0 Å². The van der Waals surface area contributed by atoms with Gasteiger partial charge in [-0.15, -0.1) is 0 Å². The average Bonchev–Trinajstić information content (AvgIpc) is 2.82. The van der Waals surface area contributed by atoms with Crippen LogP contribution in [0.2, 0.25) is 0 Å². The van der Waals surface area contributed by atoms with Gasteiger partial charge in [-0.2, -0.15) is 0 Å². The van der Waals surface area contributed by atoms with Gasteiger partial charge in [0.25, 0.3) is 0 Å². The Morgan fingerprint density at radius 3 is 2.62 bits per heavy atom. The molecule has 2 N–H and O–H groups in total. The lowest BCUT2D eigenvalue weighted by Gasteiger charge is -2.24. The highest BCUT2D eigenvalue weighted by Crippen LogP contribution is 2.34. The van der Waals surface area contributed by atoms with E-state index in [-0.39, 0.29) is 5.54 Å². The van der Waals surface area contributed by atoms with Crippen LogP contribution in [-0.4, -0.2) is 25.2 Å². The quantitative estimate of drug-likeness (QED) is 0.657.